The molecule has 0 fully saturated rings. The molecular formula is C13H20N4OS2. The van der Waals surface area contributed by atoms with Gasteiger partial charge in [0.2, 0.25) is 0 Å². The van der Waals surface area contributed by atoms with Gasteiger partial charge in [0.1, 0.15) is 0 Å². The van der Waals surface area contributed by atoms with Crippen molar-refractivity contribution in [3.63, 3.8) is 0 Å². The molecule has 5 nitrogen and oxygen atoms in total. The lowest BCUT2D eigenvalue weighted by atomic mass is 10.4. The van der Waals surface area contributed by atoms with Crippen molar-refractivity contribution in [3.05, 3.63) is 27.2 Å². The smallest absolute Gasteiger partial charge is 0.185 e. The number of hydrogen-bond donors (Lipinski definition) is 1. The van der Waals surface area contributed by atoms with Crippen LogP contribution in [-0.4, -0.2) is 37.3 Å². The third kappa shape index (κ3) is 4.24. The Morgan fingerprint density at radius 3 is 3.00 bits per heavy atom. The Labute approximate surface area is 127 Å². The molecule has 0 saturated heterocycles. The molecule has 110 valence electrons. The molecule has 7 heteroatoms. The minimum absolute atomic E-state index is 0.731. The summed E-state index contributed by atoms with van der Waals surface area (Å²) in [5.41, 5.74) is 4.05. The molecule has 20 heavy (non-hydrogen) atoms. The topological polar surface area (TPSA) is 50.3 Å². The maximum absolute atomic E-state index is 5.02. The molecule has 0 aliphatic carbocycles. The quantitative estimate of drug-likeness (QED) is 0.758. The third-order valence-electron chi connectivity index (χ3n) is 2.86. The third-order valence-corrected chi connectivity index (χ3v) is 4.77. The zero-order valence-electron chi connectivity index (χ0n) is 12.0. The lowest BCUT2D eigenvalue weighted by molar-refractivity contribution is 0.199. The largest absolute Gasteiger partial charge is 0.383 e. The van der Waals surface area contributed by atoms with Crippen molar-refractivity contribution < 1.29 is 4.74 Å². The minimum Gasteiger partial charge on any atom is -0.383 e. The van der Waals surface area contributed by atoms with E-state index in [1.165, 1.54) is 4.88 Å². The van der Waals surface area contributed by atoms with E-state index < -0.39 is 0 Å². The number of thiazole rings is 2. The number of ether oxygens (including phenoxy) is 1. The van der Waals surface area contributed by atoms with Gasteiger partial charge < -0.3 is 15.0 Å². The van der Waals surface area contributed by atoms with Crippen LogP contribution < -0.4 is 10.2 Å². The average molecular weight is 312 g/mol. The number of nitrogens with one attached hydrogen (secondary N) is 1. The Balaban J connectivity index is 1.92. The second kappa shape index (κ2) is 7.68. The van der Waals surface area contributed by atoms with Crippen LogP contribution in [0.2, 0.25) is 0 Å². The zero-order valence-corrected chi connectivity index (χ0v) is 13.7. The average Bonchev–Trinajstić information content (AvgIpc) is 3.05. The summed E-state index contributed by atoms with van der Waals surface area (Å²) in [6.07, 6.45) is 0. The number of aryl methyl sites for hydroxylation is 1. The first-order valence-corrected chi connectivity index (χ1v) is 8.20. The van der Waals surface area contributed by atoms with Gasteiger partial charge in [-0.15, -0.1) is 22.7 Å². The molecule has 2 aromatic heterocycles. The first-order valence-electron chi connectivity index (χ1n) is 6.45. The molecule has 0 saturated carbocycles. The molecule has 0 aromatic carbocycles. The van der Waals surface area contributed by atoms with E-state index in [-0.39, 0.29) is 0 Å². The number of aromatic nitrogens is 2. The number of anilines is 1. The molecule has 1 N–H and O–H groups in total. The molecule has 0 aliphatic heterocycles. The summed E-state index contributed by atoms with van der Waals surface area (Å²) in [6, 6.07) is 0. The van der Waals surface area contributed by atoms with Gasteiger partial charge in [0.15, 0.2) is 5.13 Å². The second-order valence-corrected chi connectivity index (χ2v) is 6.29. The van der Waals surface area contributed by atoms with Gasteiger partial charge in [0.05, 0.1) is 30.1 Å². The van der Waals surface area contributed by atoms with Crippen molar-refractivity contribution in [2.24, 2.45) is 0 Å². The Morgan fingerprint density at radius 1 is 1.45 bits per heavy atom. The SMILES string of the molecule is COCCNCc1sc(N(C)Cc2cscn2)nc1C. The van der Waals surface area contributed by atoms with Gasteiger partial charge in [-0.3, -0.25) is 0 Å². The monoisotopic (exact) mass is 312 g/mol. The van der Waals surface area contributed by atoms with Crippen LogP contribution in [0.4, 0.5) is 5.13 Å². The van der Waals surface area contributed by atoms with Gasteiger partial charge >= 0.3 is 0 Å². The van der Waals surface area contributed by atoms with Crippen LogP contribution in [0.25, 0.3) is 0 Å². The van der Waals surface area contributed by atoms with Gasteiger partial charge in [-0.1, -0.05) is 0 Å². The minimum atomic E-state index is 0.731. The van der Waals surface area contributed by atoms with Gasteiger partial charge in [-0.05, 0) is 6.92 Å². The van der Waals surface area contributed by atoms with E-state index in [1.54, 1.807) is 29.8 Å². The summed E-state index contributed by atoms with van der Waals surface area (Å²) in [5, 5.41) is 6.47. The van der Waals surface area contributed by atoms with Crippen LogP contribution in [0.1, 0.15) is 16.3 Å². The maximum atomic E-state index is 5.02. The Kier molecular flexibility index (Phi) is 5.90. The summed E-state index contributed by atoms with van der Waals surface area (Å²) in [4.78, 5) is 12.4. The Morgan fingerprint density at radius 2 is 2.30 bits per heavy atom. The fourth-order valence-electron chi connectivity index (χ4n) is 1.74. The van der Waals surface area contributed by atoms with Gasteiger partial charge in [0.25, 0.3) is 0 Å². The van der Waals surface area contributed by atoms with Crippen molar-refractivity contribution >= 4 is 27.8 Å². The molecule has 0 radical (unpaired) electrons. The molecular weight excluding hydrogens is 292 g/mol. The highest BCUT2D eigenvalue weighted by molar-refractivity contribution is 7.15. The van der Waals surface area contributed by atoms with Crippen LogP contribution >= 0.6 is 22.7 Å². The maximum Gasteiger partial charge on any atom is 0.185 e. The zero-order chi connectivity index (χ0) is 14.4. The molecule has 0 unspecified atom stereocenters. The molecule has 0 bridgehead atoms. The molecule has 2 rings (SSSR count). The van der Waals surface area contributed by atoms with Crippen LogP contribution in [0.15, 0.2) is 10.9 Å². The van der Waals surface area contributed by atoms with Crippen molar-refractivity contribution in [2.45, 2.75) is 20.0 Å². The highest BCUT2D eigenvalue weighted by Gasteiger charge is 2.12. The van der Waals surface area contributed by atoms with E-state index in [4.69, 9.17) is 4.74 Å². The van der Waals surface area contributed by atoms with E-state index in [9.17, 15) is 0 Å². The van der Waals surface area contributed by atoms with Gasteiger partial charge in [-0.2, -0.15) is 0 Å². The van der Waals surface area contributed by atoms with Gasteiger partial charge in [-0.25, -0.2) is 9.97 Å². The van der Waals surface area contributed by atoms with E-state index >= 15 is 0 Å². The predicted octanol–water partition coefficient (Wildman–Crippen LogP) is 2.28. The molecule has 0 atom stereocenters. The lowest BCUT2D eigenvalue weighted by Crippen LogP contribution is -2.18. The highest BCUT2D eigenvalue weighted by Crippen LogP contribution is 2.26. The molecule has 0 spiro atoms. The van der Waals surface area contributed by atoms with Crippen molar-refractivity contribution in [1.29, 1.82) is 0 Å². The summed E-state index contributed by atoms with van der Waals surface area (Å²) in [7, 11) is 3.77. The molecule has 2 heterocycles. The van der Waals surface area contributed by atoms with E-state index in [1.807, 2.05) is 5.51 Å². The van der Waals surface area contributed by atoms with E-state index in [2.05, 4.69) is 39.5 Å². The van der Waals surface area contributed by atoms with E-state index in [0.717, 1.165) is 42.8 Å². The first-order chi connectivity index (χ1) is 9.70. The Bertz CT molecular complexity index is 512. The summed E-state index contributed by atoms with van der Waals surface area (Å²) in [6.45, 7) is 5.29. The van der Waals surface area contributed by atoms with Crippen molar-refractivity contribution in [1.82, 2.24) is 15.3 Å². The summed E-state index contributed by atoms with van der Waals surface area (Å²) >= 11 is 3.36. The highest BCUT2D eigenvalue weighted by atomic mass is 32.1. The summed E-state index contributed by atoms with van der Waals surface area (Å²) < 4.78 is 5.02. The fraction of sp³-hybridized carbons (Fsp3) is 0.538. The van der Waals surface area contributed by atoms with Crippen LogP contribution in [0.3, 0.4) is 0 Å². The second-order valence-electron chi connectivity index (χ2n) is 4.51. The standard InChI is InChI=1S/C13H20N4OS2/c1-10-12(6-14-4-5-18-3)20-13(16-10)17(2)7-11-8-19-9-15-11/h8-9,14H,4-7H2,1-3H3. The fourth-order valence-corrected chi connectivity index (χ4v) is 3.28. The number of hydrogen-bond acceptors (Lipinski definition) is 7. The van der Waals surface area contributed by atoms with Crippen molar-refractivity contribution in [3.8, 4) is 0 Å². The van der Waals surface area contributed by atoms with Gasteiger partial charge in [0, 0.05) is 37.5 Å². The van der Waals surface area contributed by atoms with Crippen LogP contribution in [-0.2, 0) is 17.8 Å². The molecule has 2 aromatic rings. The van der Waals surface area contributed by atoms with Crippen molar-refractivity contribution in [2.75, 3.05) is 32.2 Å². The normalized spacial score (nSPS) is 10.9. The summed E-state index contributed by atoms with van der Waals surface area (Å²) in [5.74, 6) is 0. The van der Waals surface area contributed by atoms with E-state index in [0.29, 0.717) is 0 Å². The Hall–Kier alpha value is -1.02. The number of rotatable bonds is 8. The first kappa shape index (κ1) is 15.4. The lowest BCUT2D eigenvalue weighted by Gasteiger charge is -2.13. The predicted molar refractivity (Wildman–Crippen MR) is 84.7 cm³/mol. The van der Waals surface area contributed by atoms with Crippen LogP contribution in [0.5, 0.6) is 0 Å². The van der Waals surface area contributed by atoms with Crippen LogP contribution in [0, 0.1) is 6.92 Å². The molecule has 0 amide bonds. The number of methoxy groups -OCH3 is 1. The number of nitrogens with zero attached hydrogens (tertiary/aromatic N) is 3. The molecule has 0 aliphatic rings.